The van der Waals surface area contributed by atoms with Gasteiger partial charge in [-0.15, -0.1) is 0 Å². The number of nitrogens with two attached hydrogens (primary N) is 1. The number of ether oxygens (including phenoxy) is 1. The predicted octanol–water partition coefficient (Wildman–Crippen LogP) is 4.17. The van der Waals surface area contributed by atoms with Crippen LogP contribution in [0.5, 0.6) is 11.5 Å². The number of halogens is 2. The molecule has 0 aliphatic carbocycles. The summed E-state index contributed by atoms with van der Waals surface area (Å²) in [6.45, 7) is 1.43. The highest BCUT2D eigenvalue weighted by atomic mass is 79.9. The second-order valence-electron chi connectivity index (χ2n) is 3.98. The van der Waals surface area contributed by atoms with Crippen LogP contribution in [-0.4, -0.2) is 5.78 Å². The number of rotatable bonds is 3. The lowest BCUT2D eigenvalue weighted by Crippen LogP contribution is -2.00. The summed E-state index contributed by atoms with van der Waals surface area (Å²) in [5, 5.41) is 0. The van der Waals surface area contributed by atoms with E-state index in [2.05, 4.69) is 15.9 Å². The van der Waals surface area contributed by atoms with Crippen molar-refractivity contribution in [2.24, 2.45) is 0 Å². The SMILES string of the molecule is CC(=O)c1cc(Oc2ccc(F)cc2Br)ccc1N. The smallest absolute Gasteiger partial charge is 0.162 e. The van der Waals surface area contributed by atoms with Crippen LogP contribution < -0.4 is 10.5 Å². The number of ketones is 1. The van der Waals surface area contributed by atoms with Crippen molar-refractivity contribution >= 4 is 27.4 Å². The molecule has 5 heteroatoms. The van der Waals surface area contributed by atoms with Crippen molar-refractivity contribution in [2.45, 2.75) is 6.92 Å². The average molecular weight is 324 g/mol. The van der Waals surface area contributed by atoms with E-state index in [9.17, 15) is 9.18 Å². The maximum Gasteiger partial charge on any atom is 0.162 e. The number of benzene rings is 2. The summed E-state index contributed by atoms with van der Waals surface area (Å²) >= 11 is 3.21. The molecular formula is C14H11BrFNO2. The van der Waals surface area contributed by atoms with Crippen molar-refractivity contribution in [3.05, 3.63) is 52.3 Å². The van der Waals surface area contributed by atoms with E-state index >= 15 is 0 Å². The molecule has 2 N–H and O–H groups in total. The van der Waals surface area contributed by atoms with Crippen molar-refractivity contribution in [1.82, 2.24) is 0 Å². The molecule has 0 radical (unpaired) electrons. The second-order valence-corrected chi connectivity index (χ2v) is 4.84. The first-order chi connectivity index (χ1) is 8.97. The van der Waals surface area contributed by atoms with Gasteiger partial charge in [0.05, 0.1) is 4.47 Å². The van der Waals surface area contributed by atoms with E-state index in [1.807, 2.05) is 0 Å². The lowest BCUT2D eigenvalue weighted by Gasteiger charge is -2.10. The van der Waals surface area contributed by atoms with Crippen LogP contribution in [0.15, 0.2) is 40.9 Å². The third-order valence-electron chi connectivity index (χ3n) is 2.53. The minimum Gasteiger partial charge on any atom is -0.456 e. The lowest BCUT2D eigenvalue weighted by molar-refractivity contribution is 0.101. The number of hydrogen-bond acceptors (Lipinski definition) is 3. The van der Waals surface area contributed by atoms with E-state index in [1.54, 1.807) is 18.2 Å². The molecule has 0 aromatic heterocycles. The van der Waals surface area contributed by atoms with Gasteiger partial charge in [-0.05, 0) is 59.3 Å². The molecule has 2 aromatic rings. The van der Waals surface area contributed by atoms with Crippen LogP contribution >= 0.6 is 15.9 Å². The second kappa shape index (κ2) is 5.40. The monoisotopic (exact) mass is 323 g/mol. The van der Waals surface area contributed by atoms with Crippen molar-refractivity contribution < 1.29 is 13.9 Å². The van der Waals surface area contributed by atoms with Gasteiger partial charge in [-0.25, -0.2) is 4.39 Å². The van der Waals surface area contributed by atoms with Gasteiger partial charge in [0.15, 0.2) is 5.78 Å². The number of anilines is 1. The third kappa shape index (κ3) is 3.12. The molecule has 2 aromatic carbocycles. The van der Waals surface area contributed by atoms with Crippen LogP contribution in [0.25, 0.3) is 0 Å². The molecule has 19 heavy (non-hydrogen) atoms. The Labute approximate surface area is 118 Å². The minimum absolute atomic E-state index is 0.138. The Morgan fingerprint density at radius 2 is 2.00 bits per heavy atom. The highest BCUT2D eigenvalue weighted by molar-refractivity contribution is 9.10. The topological polar surface area (TPSA) is 52.3 Å². The molecule has 3 nitrogen and oxygen atoms in total. The van der Waals surface area contributed by atoms with Gasteiger partial charge in [0.25, 0.3) is 0 Å². The Morgan fingerprint density at radius 3 is 2.63 bits per heavy atom. The highest BCUT2D eigenvalue weighted by Crippen LogP contribution is 2.31. The van der Waals surface area contributed by atoms with Crippen LogP contribution in [0.3, 0.4) is 0 Å². The van der Waals surface area contributed by atoms with E-state index in [0.717, 1.165) is 0 Å². The fourth-order valence-corrected chi connectivity index (χ4v) is 2.02. The Hall–Kier alpha value is -1.88. The van der Waals surface area contributed by atoms with E-state index in [0.29, 0.717) is 27.2 Å². The van der Waals surface area contributed by atoms with Gasteiger partial charge >= 0.3 is 0 Å². The molecule has 2 rings (SSSR count). The molecular weight excluding hydrogens is 313 g/mol. The van der Waals surface area contributed by atoms with Gasteiger partial charge in [0.2, 0.25) is 0 Å². The lowest BCUT2D eigenvalue weighted by atomic mass is 10.1. The normalized spacial score (nSPS) is 10.3. The predicted molar refractivity (Wildman–Crippen MR) is 75.0 cm³/mol. The summed E-state index contributed by atoms with van der Waals surface area (Å²) in [6, 6.07) is 8.92. The van der Waals surface area contributed by atoms with Gasteiger partial charge in [-0.2, -0.15) is 0 Å². The zero-order valence-corrected chi connectivity index (χ0v) is 11.7. The van der Waals surface area contributed by atoms with Crippen LogP contribution in [0.4, 0.5) is 10.1 Å². The molecule has 0 aliphatic rings. The first-order valence-electron chi connectivity index (χ1n) is 5.51. The molecule has 0 aliphatic heterocycles. The van der Waals surface area contributed by atoms with E-state index in [-0.39, 0.29) is 11.6 Å². The highest BCUT2D eigenvalue weighted by Gasteiger charge is 2.09. The standard InChI is InChI=1S/C14H11BrFNO2/c1-8(18)11-7-10(3-4-13(11)17)19-14-5-2-9(16)6-12(14)15/h2-7H,17H2,1H3. The quantitative estimate of drug-likeness (QED) is 0.681. The van der Waals surface area contributed by atoms with E-state index < -0.39 is 0 Å². The summed E-state index contributed by atoms with van der Waals surface area (Å²) in [5.74, 6) is 0.425. The van der Waals surface area contributed by atoms with Crippen LogP contribution in [0.2, 0.25) is 0 Å². The Kier molecular flexibility index (Phi) is 3.85. The number of Topliss-reactive ketones (excluding diaryl/α,β-unsaturated/α-hetero) is 1. The molecule has 98 valence electrons. The van der Waals surface area contributed by atoms with Crippen LogP contribution in [0, 0.1) is 5.82 Å². The van der Waals surface area contributed by atoms with Crippen molar-refractivity contribution in [3.63, 3.8) is 0 Å². The molecule has 0 saturated heterocycles. The molecule has 0 spiro atoms. The Balaban J connectivity index is 2.33. The molecule has 0 atom stereocenters. The molecule has 0 bridgehead atoms. The van der Waals surface area contributed by atoms with Crippen molar-refractivity contribution in [1.29, 1.82) is 0 Å². The molecule has 0 saturated carbocycles. The van der Waals surface area contributed by atoms with Crippen LogP contribution in [0.1, 0.15) is 17.3 Å². The summed E-state index contributed by atoms with van der Waals surface area (Å²) < 4.78 is 19.0. The first kappa shape index (κ1) is 13.5. The van der Waals surface area contributed by atoms with Gasteiger partial charge < -0.3 is 10.5 Å². The summed E-state index contributed by atoms with van der Waals surface area (Å²) in [6.07, 6.45) is 0. The number of hydrogen-bond donors (Lipinski definition) is 1. The van der Waals surface area contributed by atoms with Gasteiger partial charge in [0.1, 0.15) is 17.3 Å². The number of carbonyl (C=O) groups is 1. The maximum atomic E-state index is 13.0. The minimum atomic E-state index is -0.360. The fourth-order valence-electron chi connectivity index (χ4n) is 1.59. The zero-order valence-electron chi connectivity index (χ0n) is 10.1. The Morgan fingerprint density at radius 1 is 1.26 bits per heavy atom. The first-order valence-corrected chi connectivity index (χ1v) is 6.30. The van der Waals surface area contributed by atoms with Crippen molar-refractivity contribution in [3.8, 4) is 11.5 Å². The number of carbonyl (C=O) groups excluding carboxylic acids is 1. The number of nitrogen functional groups attached to an aromatic ring is 1. The van der Waals surface area contributed by atoms with Crippen LogP contribution in [-0.2, 0) is 0 Å². The molecule has 0 amide bonds. The summed E-state index contributed by atoms with van der Waals surface area (Å²) in [4.78, 5) is 11.4. The maximum absolute atomic E-state index is 13.0. The average Bonchev–Trinajstić information content (AvgIpc) is 2.34. The molecule has 0 fully saturated rings. The third-order valence-corrected chi connectivity index (χ3v) is 3.15. The molecule has 0 unspecified atom stereocenters. The van der Waals surface area contributed by atoms with Gasteiger partial charge in [0, 0.05) is 11.3 Å². The summed E-state index contributed by atoms with van der Waals surface area (Å²) in [7, 11) is 0. The van der Waals surface area contributed by atoms with Gasteiger partial charge in [-0.3, -0.25) is 4.79 Å². The Bertz CT molecular complexity index is 643. The van der Waals surface area contributed by atoms with E-state index in [1.165, 1.54) is 25.1 Å². The summed E-state index contributed by atoms with van der Waals surface area (Å²) in [5.41, 5.74) is 6.50. The van der Waals surface area contributed by atoms with E-state index in [4.69, 9.17) is 10.5 Å². The largest absolute Gasteiger partial charge is 0.456 e. The zero-order chi connectivity index (χ0) is 14.0. The van der Waals surface area contributed by atoms with Crippen molar-refractivity contribution in [2.75, 3.05) is 5.73 Å². The molecule has 0 heterocycles. The fraction of sp³-hybridized carbons (Fsp3) is 0.0714. The van der Waals surface area contributed by atoms with Gasteiger partial charge in [-0.1, -0.05) is 0 Å².